The van der Waals surface area contributed by atoms with E-state index in [-0.39, 0.29) is 30.5 Å². The highest BCUT2D eigenvalue weighted by molar-refractivity contribution is 7.13. The zero-order chi connectivity index (χ0) is 28.8. The molecule has 3 heterocycles. The van der Waals surface area contributed by atoms with Crippen molar-refractivity contribution in [1.29, 1.82) is 0 Å². The number of alkyl halides is 3. The van der Waals surface area contributed by atoms with Gasteiger partial charge in [-0.25, -0.2) is 9.78 Å². The summed E-state index contributed by atoms with van der Waals surface area (Å²) >= 11 is 1.24. The smallest absolute Gasteiger partial charge is 0.364 e. The molecule has 7 nitrogen and oxygen atoms in total. The van der Waals surface area contributed by atoms with Crippen molar-refractivity contribution in [2.75, 3.05) is 13.1 Å². The van der Waals surface area contributed by atoms with Crippen molar-refractivity contribution in [2.45, 2.75) is 57.4 Å². The molecule has 0 saturated carbocycles. The zero-order valence-corrected chi connectivity index (χ0v) is 23.2. The second kappa shape index (κ2) is 10.6. The van der Waals surface area contributed by atoms with Gasteiger partial charge in [0.25, 0.3) is 0 Å². The summed E-state index contributed by atoms with van der Waals surface area (Å²) in [5.41, 5.74) is 6.57. The number of thiazole rings is 1. The number of hydrogen-bond donors (Lipinski definition) is 1. The molecule has 1 aromatic heterocycles. The molecule has 0 bridgehead atoms. The van der Waals surface area contributed by atoms with Crippen LogP contribution in [0.5, 0.6) is 0 Å². The number of likely N-dealkylation sites (tertiary alicyclic amines) is 1. The number of nitrogens with zero attached hydrogens (tertiary/aromatic N) is 3. The number of nitrogens with two attached hydrogens (primary N) is 1. The Morgan fingerprint density at radius 2 is 1.82 bits per heavy atom. The Balaban J connectivity index is 1.46. The Kier molecular flexibility index (Phi) is 7.49. The second-order valence-corrected chi connectivity index (χ2v) is 12.2. The number of carbonyl (C=O) groups excluding carboxylic acids is 2. The van der Waals surface area contributed by atoms with Gasteiger partial charge in [-0.3, -0.25) is 4.79 Å². The quantitative estimate of drug-likeness (QED) is 0.444. The molecule has 212 valence electrons. The van der Waals surface area contributed by atoms with Gasteiger partial charge < -0.3 is 15.5 Å². The molecule has 40 heavy (non-hydrogen) atoms. The Morgan fingerprint density at radius 3 is 2.50 bits per heavy atom. The fourth-order valence-corrected chi connectivity index (χ4v) is 6.25. The van der Waals surface area contributed by atoms with Gasteiger partial charge in [-0.05, 0) is 36.1 Å². The molecule has 0 unspecified atom stereocenters. The molecule has 2 aliphatic heterocycles. The number of amides is 1. The van der Waals surface area contributed by atoms with Crippen LogP contribution in [-0.4, -0.2) is 58.0 Å². The Hall–Kier alpha value is -3.28. The Bertz CT molecular complexity index is 1390. The number of benzene rings is 2. The van der Waals surface area contributed by atoms with Crippen LogP contribution < -0.4 is 5.73 Å². The number of aromatic nitrogens is 1. The van der Waals surface area contributed by atoms with Gasteiger partial charge in [-0.1, -0.05) is 51.1 Å². The molecular formula is C29H31F3N4O3S. The maximum Gasteiger partial charge on any atom is 0.416 e. The van der Waals surface area contributed by atoms with Crippen LogP contribution in [0.2, 0.25) is 0 Å². The molecule has 3 aromatic rings. The minimum absolute atomic E-state index is 0.186. The third kappa shape index (κ3) is 5.50. The first-order chi connectivity index (χ1) is 18.8. The van der Waals surface area contributed by atoms with E-state index in [2.05, 4.69) is 0 Å². The lowest BCUT2D eigenvalue weighted by Gasteiger charge is -2.34. The third-order valence-electron chi connectivity index (χ3n) is 7.61. The van der Waals surface area contributed by atoms with Crippen molar-refractivity contribution in [1.82, 2.24) is 14.9 Å². The average molecular weight is 573 g/mol. The van der Waals surface area contributed by atoms with Gasteiger partial charge in [0.05, 0.1) is 34.9 Å². The van der Waals surface area contributed by atoms with E-state index in [9.17, 15) is 22.8 Å². The first-order valence-corrected chi connectivity index (χ1v) is 14.0. The van der Waals surface area contributed by atoms with Crippen molar-refractivity contribution in [2.24, 2.45) is 11.1 Å². The highest BCUT2D eigenvalue weighted by atomic mass is 32.1. The minimum Gasteiger partial charge on any atom is -0.364 e. The van der Waals surface area contributed by atoms with Crippen LogP contribution in [0.15, 0.2) is 60.0 Å². The van der Waals surface area contributed by atoms with Gasteiger partial charge in [-0.15, -0.1) is 16.4 Å². The predicted octanol–water partition coefficient (Wildman–Crippen LogP) is 5.34. The summed E-state index contributed by atoms with van der Waals surface area (Å²) in [5, 5.41) is 3.88. The Morgan fingerprint density at radius 1 is 1.10 bits per heavy atom. The minimum atomic E-state index is -4.46. The fraction of sp³-hybridized carbons (Fsp3) is 0.414. The summed E-state index contributed by atoms with van der Waals surface area (Å²) < 4.78 is 39.9. The van der Waals surface area contributed by atoms with Crippen molar-refractivity contribution in [3.8, 4) is 10.6 Å². The van der Waals surface area contributed by atoms with Crippen molar-refractivity contribution in [3.05, 3.63) is 76.8 Å². The van der Waals surface area contributed by atoms with E-state index in [0.29, 0.717) is 34.8 Å². The lowest BCUT2D eigenvalue weighted by Crippen LogP contribution is -2.53. The summed E-state index contributed by atoms with van der Waals surface area (Å²) in [6, 6.07) is 12.4. The van der Waals surface area contributed by atoms with Gasteiger partial charge in [0.15, 0.2) is 0 Å². The first kappa shape index (κ1) is 28.3. The molecule has 5 rings (SSSR count). The number of hydroxylamine groups is 2. The number of hydrogen-bond acceptors (Lipinski definition) is 7. The summed E-state index contributed by atoms with van der Waals surface area (Å²) in [6.07, 6.45) is -3.88. The van der Waals surface area contributed by atoms with Gasteiger partial charge in [0.1, 0.15) is 5.01 Å². The molecule has 0 aliphatic carbocycles. The van der Waals surface area contributed by atoms with Crippen molar-refractivity contribution in [3.63, 3.8) is 0 Å². The van der Waals surface area contributed by atoms with E-state index in [1.165, 1.54) is 17.4 Å². The van der Waals surface area contributed by atoms with Crippen LogP contribution >= 0.6 is 11.3 Å². The maximum atomic E-state index is 13.6. The summed E-state index contributed by atoms with van der Waals surface area (Å²) in [4.78, 5) is 38.8. The SMILES string of the molecule is CC(C)(C)[C@H](N)C(=O)N1CC[C@@H]2[C@H]1[C@@H](c1csc(-c3cccc(C(F)(F)F)c3)n1)CN2OC(=O)c1ccccc1. The molecule has 0 radical (unpaired) electrons. The largest absolute Gasteiger partial charge is 0.416 e. The lowest BCUT2D eigenvalue weighted by molar-refractivity contribution is -0.138. The fourth-order valence-electron chi connectivity index (χ4n) is 5.37. The van der Waals surface area contributed by atoms with Gasteiger partial charge in [0, 0.05) is 30.0 Å². The van der Waals surface area contributed by atoms with E-state index >= 15 is 0 Å². The van der Waals surface area contributed by atoms with Gasteiger partial charge >= 0.3 is 12.1 Å². The number of rotatable bonds is 5. The molecular weight excluding hydrogens is 541 g/mol. The Labute approximate surface area is 234 Å². The van der Waals surface area contributed by atoms with E-state index in [4.69, 9.17) is 15.6 Å². The van der Waals surface area contributed by atoms with E-state index in [1.807, 2.05) is 32.2 Å². The second-order valence-electron chi connectivity index (χ2n) is 11.3. The van der Waals surface area contributed by atoms with Crippen LogP contribution in [-0.2, 0) is 15.8 Å². The van der Waals surface area contributed by atoms with Crippen LogP contribution in [0, 0.1) is 5.41 Å². The number of carbonyl (C=O) groups is 2. The van der Waals surface area contributed by atoms with Crippen molar-refractivity contribution >= 4 is 23.2 Å². The molecule has 2 N–H and O–H groups in total. The topological polar surface area (TPSA) is 88.8 Å². The number of halogens is 3. The summed E-state index contributed by atoms with van der Waals surface area (Å²) in [7, 11) is 0. The van der Waals surface area contributed by atoms with E-state index in [1.54, 1.807) is 40.3 Å². The molecule has 2 aromatic carbocycles. The van der Waals surface area contributed by atoms with Crippen molar-refractivity contribution < 1.29 is 27.6 Å². The highest BCUT2D eigenvalue weighted by Gasteiger charge is 2.54. The van der Waals surface area contributed by atoms with Crippen LogP contribution in [0.25, 0.3) is 10.6 Å². The number of fused-ring (bicyclic) bond motifs is 1. The monoisotopic (exact) mass is 572 g/mol. The molecule has 1 amide bonds. The normalized spacial score (nSPS) is 22.3. The molecule has 4 atom stereocenters. The van der Waals surface area contributed by atoms with Crippen LogP contribution in [0.4, 0.5) is 13.2 Å². The van der Waals surface area contributed by atoms with E-state index < -0.39 is 29.2 Å². The highest BCUT2D eigenvalue weighted by Crippen LogP contribution is 2.43. The first-order valence-electron chi connectivity index (χ1n) is 13.1. The van der Waals surface area contributed by atoms with Crippen LogP contribution in [0.3, 0.4) is 0 Å². The molecule has 2 aliphatic rings. The summed E-state index contributed by atoms with van der Waals surface area (Å²) in [6.45, 7) is 6.45. The van der Waals surface area contributed by atoms with E-state index in [0.717, 1.165) is 12.1 Å². The zero-order valence-electron chi connectivity index (χ0n) is 22.4. The van der Waals surface area contributed by atoms with Gasteiger partial charge in [0.2, 0.25) is 5.91 Å². The molecule has 11 heteroatoms. The maximum absolute atomic E-state index is 13.6. The van der Waals surface area contributed by atoms with Crippen LogP contribution in [0.1, 0.15) is 54.7 Å². The molecule has 0 spiro atoms. The third-order valence-corrected chi connectivity index (χ3v) is 8.52. The lowest BCUT2D eigenvalue weighted by atomic mass is 9.86. The molecule has 2 fully saturated rings. The molecule has 2 saturated heterocycles. The average Bonchev–Trinajstić information content (AvgIpc) is 3.64. The summed E-state index contributed by atoms with van der Waals surface area (Å²) in [5.74, 6) is -1.02. The predicted molar refractivity (Wildman–Crippen MR) is 145 cm³/mol. The standard InChI is InChI=1S/C29H31F3N4O3S/c1-28(2,3)24(33)26(37)35-13-12-22-23(35)20(15-36(22)39-27(38)17-8-5-4-6-9-17)21-16-40-25(34-21)18-10-7-11-19(14-18)29(30,31)32/h4-11,14,16,20,22-24H,12-13,15,33H2,1-3H3/t20-,22-,23-,24-/m1/s1. The van der Waals surface area contributed by atoms with Gasteiger partial charge in [-0.2, -0.15) is 13.2 Å².